The topological polar surface area (TPSA) is 112 Å². The van der Waals surface area contributed by atoms with E-state index < -0.39 is 42.0 Å². The fraction of sp³-hybridized carbons (Fsp3) is 0.714. The molecular weight excluding hydrogens is 371 g/mol. The lowest BCUT2D eigenvalue weighted by atomic mass is 9.87. The molecule has 3 rings (SSSR count). The maximum absolute atomic E-state index is 12.3. The molecule has 1 aromatic rings. The summed E-state index contributed by atoms with van der Waals surface area (Å²) in [6, 6.07) is 0. The SMILES string of the molecule is CCC12CCO[C@H]([C@H](n3cc(C)c(=O)[nH]c3=O)O1)[C@H]2OP(O)(=S)OC. The highest BCUT2D eigenvalue weighted by molar-refractivity contribution is 8.07. The van der Waals surface area contributed by atoms with E-state index in [4.69, 9.17) is 30.3 Å². The molecule has 5 atom stereocenters. The summed E-state index contributed by atoms with van der Waals surface area (Å²) in [6.07, 6.45) is 0.373. The molecule has 2 unspecified atom stereocenters. The molecule has 140 valence electrons. The first kappa shape index (κ1) is 18.9. The summed E-state index contributed by atoms with van der Waals surface area (Å²) in [5, 5.41) is 0. The second-order valence-electron chi connectivity index (χ2n) is 6.17. The van der Waals surface area contributed by atoms with Crippen LogP contribution in [0.3, 0.4) is 0 Å². The standard InChI is InChI=1S/C14H21N2O7PS/c1-4-14-5-6-21-9(10(14)23-24(19,25)20-3)12(22-14)16-7-8(2)11(17)15-13(16)18/h7,9-10,12H,4-6H2,1-3H3,(H,19,25)(H,15,17,18)/t9-,10+,12+,14?,24?/m0/s1. The van der Waals surface area contributed by atoms with Crippen LogP contribution < -0.4 is 11.2 Å². The van der Waals surface area contributed by atoms with E-state index in [1.807, 2.05) is 6.92 Å². The van der Waals surface area contributed by atoms with Crippen molar-refractivity contribution in [2.75, 3.05) is 13.7 Å². The smallest absolute Gasteiger partial charge is 0.330 e. The van der Waals surface area contributed by atoms with Crippen molar-refractivity contribution in [2.45, 2.75) is 50.7 Å². The average Bonchev–Trinajstić information content (AvgIpc) is 2.73. The molecule has 25 heavy (non-hydrogen) atoms. The Labute approximate surface area is 149 Å². The molecule has 0 radical (unpaired) electrons. The first-order chi connectivity index (χ1) is 11.7. The second kappa shape index (κ2) is 6.70. The first-order valence-electron chi connectivity index (χ1n) is 7.91. The molecule has 2 fully saturated rings. The quantitative estimate of drug-likeness (QED) is 0.699. The molecular formula is C14H21N2O7PS. The number of ether oxygens (including phenoxy) is 2. The van der Waals surface area contributed by atoms with E-state index in [9.17, 15) is 14.5 Å². The highest BCUT2D eigenvalue weighted by Gasteiger charge is 2.60. The van der Waals surface area contributed by atoms with Crippen molar-refractivity contribution in [2.24, 2.45) is 0 Å². The molecule has 0 aromatic carbocycles. The number of H-pyrrole nitrogens is 1. The highest BCUT2D eigenvalue weighted by atomic mass is 32.5. The van der Waals surface area contributed by atoms with Crippen molar-refractivity contribution in [3.63, 3.8) is 0 Å². The van der Waals surface area contributed by atoms with Gasteiger partial charge in [-0.1, -0.05) is 6.92 Å². The summed E-state index contributed by atoms with van der Waals surface area (Å²) in [6.45, 7) is 0.495. The van der Waals surface area contributed by atoms with Gasteiger partial charge in [0, 0.05) is 25.3 Å². The number of aromatic amines is 1. The van der Waals surface area contributed by atoms with E-state index >= 15 is 0 Å². The van der Waals surface area contributed by atoms with Gasteiger partial charge in [-0.3, -0.25) is 18.9 Å². The molecule has 9 nitrogen and oxygen atoms in total. The van der Waals surface area contributed by atoms with Gasteiger partial charge in [-0.15, -0.1) is 0 Å². The summed E-state index contributed by atoms with van der Waals surface area (Å²) in [4.78, 5) is 36.2. The van der Waals surface area contributed by atoms with Crippen molar-refractivity contribution in [1.29, 1.82) is 0 Å². The van der Waals surface area contributed by atoms with Crippen LogP contribution in [0.15, 0.2) is 15.8 Å². The largest absolute Gasteiger partial charge is 0.371 e. The zero-order chi connectivity index (χ0) is 18.4. The van der Waals surface area contributed by atoms with Crippen LogP contribution in [0.4, 0.5) is 0 Å². The van der Waals surface area contributed by atoms with Crippen LogP contribution in [-0.2, 0) is 30.3 Å². The maximum Gasteiger partial charge on any atom is 0.330 e. The van der Waals surface area contributed by atoms with E-state index in [2.05, 4.69) is 4.98 Å². The summed E-state index contributed by atoms with van der Waals surface area (Å²) in [5.74, 6) is 0. The molecule has 11 heteroatoms. The number of aryl methyl sites for hydroxylation is 1. The van der Waals surface area contributed by atoms with Crippen LogP contribution in [-0.4, -0.2) is 46.0 Å². The summed E-state index contributed by atoms with van der Waals surface area (Å²) >= 11 is 4.97. The summed E-state index contributed by atoms with van der Waals surface area (Å²) < 4.78 is 23.8. The molecule has 2 aliphatic heterocycles. The molecule has 3 heterocycles. The number of fused-ring (bicyclic) bond motifs is 2. The van der Waals surface area contributed by atoms with Gasteiger partial charge in [-0.2, -0.15) is 0 Å². The monoisotopic (exact) mass is 392 g/mol. The third kappa shape index (κ3) is 3.28. The minimum Gasteiger partial charge on any atom is -0.371 e. The zero-order valence-electron chi connectivity index (χ0n) is 14.1. The van der Waals surface area contributed by atoms with Crippen LogP contribution in [0, 0.1) is 6.92 Å². The third-order valence-electron chi connectivity index (χ3n) is 4.78. The lowest BCUT2D eigenvalue weighted by Crippen LogP contribution is -2.49. The van der Waals surface area contributed by atoms with E-state index in [1.165, 1.54) is 17.9 Å². The molecule has 0 spiro atoms. The van der Waals surface area contributed by atoms with Crippen LogP contribution >= 0.6 is 6.72 Å². The maximum atomic E-state index is 12.3. The van der Waals surface area contributed by atoms with Crippen molar-refractivity contribution in [3.8, 4) is 0 Å². The second-order valence-corrected chi connectivity index (χ2v) is 9.07. The van der Waals surface area contributed by atoms with Gasteiger partial charge in [0.2, 0.25) is 0 Å². The lowest BCUT2D eigenvalue weighted by molar-refractivity contribution is -0.117. The number of hydrogen-bond acceptors (Lipinski definition) is 7. The Bertz CT molecular complexity index is 824. The van der Waals surface area contributed by atoms with Crippen molar-refractivity contribution in [3.05, 3.63) is 32.6 Å². The molecule has 0 amide bonds. The fourth-order valence-corrected chi connectivity index (χ4v) is 4.32. The van der Waals surface area contributed by atoms with E-state index in [1.54, 1.807) is 6.92 Å². The van der Waals surface area contributed by atoms with Crippen LogP contribution in [0.1, 0.15) is 31.6 Å². The van der Waals surface area contributed by atoms with E-state index in [0.29, 0.717) is 25.0 Å². The average molecular weight is 392 g/mol. The third-order valence-corrected chi connectivity index (χ3v) is 6.45. The van der Waals surface area contributed by atoms with Gasteiger partial charge in [-0.05, 0) is 25.2 Å². The minimum atomic E-state index is -3.45. The summed E-state index contributed by atoms with van der Waals surface area (Å²) in [7, 11) is 1.28. The fourth-order valence-electron chi connectivity index (χ4n) is 3.36. The highest BCUT2D eigenvalue weighted by Crippen LogP contribution is 2.54. The van der Waals surface area contributed by atoms with Gasteiger partial charge in [0.25, 0.3) is 5.56 Å². The van der Waals surface area contributed by atoms with Crippen LogP contribution in [0.2, 0.25) is 0 Å². The molecule has 2 aliphatic rings. The number of hydrogen-bond donors (Lipinski definition) is 2. The molecule has 0 saturated carbocycles. The predicted octanol–water partition coefficient (Wildman–Crippen LogP) is 0.560. The molecule has 1 aromatic heterocycles. The lowest BCUT2D eigenvalue weighted by Gasteiger charge is -2.38. The van der Waals surface area contributed by atoms with Crippen molar-refractivity contribution in [1.82, 2.24) is 9.55 Å². The Morgan fingerprint density at radius 2 is 2.28 bits per heavy atom. The molecule has 2 N–H and O–H groups in total. The number of aromatic nitrogens is 2. The molecule has 2 bridgehead atoms. The van der Waals surface area contributed by atoms with Gasteiger partial charge in [0.15, 0.2) is 6.23 Å². The van der Waals surface area contributed by atoms with Gasteiger partial charge in [0.1, 0.15) is 17.8 Å². The first-order valence-corrected chi connectivity index (χ1v) is 10.5. The van der Waals surface area contributed by atoms with Gasteiger partial charge >= 0.3 is 12.4 Å². The van der Waals surface area contributed by atoms with Crippen molar-refractivity contribution < 1.29 is 23.4 Å². The number of rotatable bonds is 5. The summed E-state index contributed by atoms with van der Waals surface area (Å²) in [5.41, 5.74) is -1.44. The van der Waals surface area contributed by atoms with Gasteiger partial charge in [0.05, 0.1) is 6.61 Å². The van der Waals surface area contributed by atoms with Gasteiger partial charge < -0.3 is 18.9 Å². The predicted molar refractivity (Wildman–Crippen MR) is 91.9 cm³/mol. The minimum absolute atomic E-state index is 0.372. The Morgan fingerprint density at radius 3 is 2.92 bits per heavy atom. The van der Waals surface area contributed by atoms with Gasteiger partial charge in [-0.25, -0.2) is 4.79 Å². The number of nitrogens with one attached hydrogen (secondary N) is 1. The Kier molecular flexibility index (Phi) is 5.06. The normalized spacial score (nSPS) is 34.0. The van der Waals surface area contributed by atoms with Crippen LogP contribution in [0.5, 0.6) is 0 Å². The number of nitrogens with zero attached hydrogens (tertiary/aromatic N) is 1. The van der Waals surface area contributed by atoms with E-state index in [0.717, 1.165) is 0 Å². The Morgan fingerprint density at radius 1 is 1.56 bits per heavy atom. The molecule has 2 saturated heterocycles. The van der Waals surface area contributed by atoms with E-state index in [-0.39, 0.29) is 0 Å². The van der Waals surface area contributed by atoms with Crippen LogP contribution in [0.25, 0.3) is 0 Å². The zero-order valence-corrected chi connectivity index (χ0v) is 15.8. The Balaban J connectivity index is 2.04. The Hall–Kier alpha value is -0.870. The van der Waals surface area contributed by atoms with Crippen molar-refractivity contribution >= 4 is 18.5 Å². The molecule has 0 aliphatic carbocycles.